The van der Waals surface area contributed by atoms with E-state index in [2.05, 4.69) is 0 Å². The van der Waals surface area contributed by atoms with Crippen LogP contribution in [-0.4, -0.2) is 36.5 Å². The molecule has 1 aromatic carbocycles. The van der Waals surface area contributed by atoms with E-state index in [4.69, 9.17) is 19.7 Å². The maximum absolute atomic E-state index is 14.6. The lowest BCUT2D eigenvalue weighted by molar-refractivity contribution is -0.135. The number of carboxylic acid groups (broad SMARTS) is 1. The number of halogens is 1. The molecule has 0 fully saturated rings. The number of methoxy groups -OCH3 is 1. The van der Waals surface area contributed by atoms with E-state index in [-0.39, 0.29) is 31.1 Å². The van der Waals surface area contributed by atoms with Crippen molar-refractivity contribution in [3.63, 3.8) is 0 Å². The van der Waals surface area contributed by atoms with Crippen molar-refractivity contribution in [1.29, 1.82) is 0 Å². The Balaban J connectivity index is 2.35. The van der Waals surface area contributed by atoms with E-state index in [0.29, 0.717) is 16.5 Å². The second-order valence-electron chi connectivity index (χ2n) is 4.71. The molecule has 0 aliphatic carbocycles. The van der Waals surface area contributed by atoms with E-state index in [1.54, 1.807) is 18.2 Å². The monoisotopic (exact) mass is 340 g/mol. The topological polar surface area (TPSA) is 76.0 Å². The summed E-state index contributed by atoms with van der Waals surface area (Å²) in [4.78, 5) is 11.3. The highest BCUT2D eigenvalue weighted by Crippen LogP contribution is 2.40. The number of carboxylic acids is 1. The molecular weight excluding hydrogens is 323 g/mol. The van der Waals surface area contributed by atoms with Crippen molar-refractivity contribution in [2.45, 2.75) is 12.8 Å². The normalized spacial score (nSPS) is 11.3. The lowest BCUT2D eigenvalue weighted by atomic mass is 10.2. The van der Waals surface area contributed by atoms with Gasteiger partial charge in [0.15, 0.2) is 17.3 Å². The molecule has 0 saturated carbocycles. The molecule has 2 aromatic rings. The van der Waals surface area contributed by atoms with Crippen LogP contribution in [-0.2, 0) is 4.79 Å². The summed E-state index contributed by atoms with van der Waals surface area (Å²) in [5, 5.41) is 17.8. The molecule has 23 heavy (non-hydrogen) atoms. The second kappa shape index (κ2) is 7.94. The number of hydrogen-bond acceptors (Lipinski definition) is 5. The van der Waals surface area contributed by atoms with Crippen molar-refractivity contribution in [3.05, 3.63) is 28.9 Å². The third-order valence-electron chi connectivity index (χ3n) is 3.05. The van der Waals surface area contributed by atoms with Crippen LogP contribution in [0.2, 0.25) is 0 Å². The third-order valence-corrected chi connectivity index (χ3v) is 4.09. The van der Waals surface area contributed by atoms with Gasteiger partial charge in [0, 0.05) is 34.1 Å². The van der Waals surface area contributed by atoms with Gasteiger partial charge in [-0.2, -0.15) is 0 Å². The first kappa shape index (κ1) is 17.2. The van der Waals surface area contributed by atoms with Crippen LogP contribution in [0, 0.1) is 5.82 Å². The van der Waals surface area contributed by atoms with Gasteiger partial charge >= 0.3 is 5.97 Å². The van der Waals surface area contributed by atoms with E-state index >= 15 is 0 Å². The first-order chi connectivity index (χ1) is 11.1. The fraction of sp³-hybridized carbons (Fsp3) is 0.312. The van der Waals surface area contributed by atoms with Crippen molar-refractivity contribution in [3.8, 4) is 11.5 Å². The average Bonchev–Trinajstić information content (AvgIpc) is 2.92. The molecule has 5 nitrogen and oxygen atoms in total. The summed E-state index contributed by atoms with van der Waals surface area (Å²) in [7, 11) is 1.43. The highest BCUT2D eigenvalue weighted by molar-refractivity contribution is 7.19. The Morgan fingerprint density at radius 3 is 2.87 bits per heavy atom. The van der Waals surface area contributed by atoms with Gasteiger partial charge in [-0.3, -0.25) is 4.79 Å². The molecule has 2 rings (SSSR count). The van der Waals surface area contributed by atoms with Crippen LogP contribution in [0.4, 0.5) is 4.39 Å². The molecule has 7 heteroatoms. The average molecular weight is 340 g/mol. The van der Waals surface area contributed by atoms with Gasteiger partial charge in [0.05, 0.1) is 20.1 Å². The van der Waals surface area contributed by atoms with Crippen molar-refractivity contribution in [2.75, 3.05) is 20.3 Å². The molecule has 0 aliphatic heterocycles. The van der Waals surface area contributed by atoms with Gasteiger partial charge < -0.3 is 19.7 Å². The van der Waals surface area contributed by atoms with Crippen LogP contribution < -0.4 is 9.47 Å². The minimum absolute atomic E-state index is 0.0207. The molecule has 124 valence electrons. The Labute approximate surface area is 136 Å². The van der Waals surface area contributed by atoms with Gasteiger partial charge in [-0.1, -0.05) is 6.08 Å². The molecule has 0 bridgehead atoms. The first-order valence-corrected chi connectivity index (χ1v) is 7.80. The highest BCUT2D eigenvalue weighted by atomic mass is 32.1. The minimum atomic E-state index is -0.921. The lowest BCUT2D eigenvalue weighted by Crippen LogP contribution is -2.03. The van der Waals surface area contributed by atoms with Crippen LogP contribution in [0.5, 0.6) is 11.5 Å². The van der Waals surface area contributed by atoms with Gasteiger partial charge in [-0.05, 0) is 12.1 Å². The van der Waals surface area contributed by atoms with Gasteiger partial charge in [-0.25, -0.2) is 4.39 Å². The molecule has 0 atom stereocenters. The van der Waals surface area contributed by atoms with Crippen molar-refractivity contribution in [2.24, 2.45) is 0 Å². The number of aliphatic hydroxyl groups is 1. The second-order valence-corrected chi connectivity index (χ2v) is 5.82. The van der Waals surface area contributed by atoms with Crippen molar-refractivity contribution in [1.82, 2.24) is 0 Å². The van der Waals surface area contributed by atoms with Gasteiger partial charge in [0.1, 0.15) is 0 Å². The number of carbonyl (C=O) groups is 1. The molecule has 0 aliphatic rings. The summed E-state index contributed by atoms with van der Waals surface area (Å²) in [5.41, 5.74) is 0. The molecule has 0 radical (unpaired) electrons. The molecule has 0 unspecified atom stereocenters. The van der Waals surface area contributed by atoms with Crippen LogP contribution in [0.1, 0.15) is 17.7 Å². The number of aliphatic carboxylic acids is 1. The minimum Gasteiger partial charge on any atom is -0.493 e. The fourth-order valence-electron chi connectivity index (χ4n) is 2.00. The Bertz CT molecular complexity index is 723. The smallest absolute Gasteiger partial charge is 0.307 e. The van der Waals surface area contributed by atoms with E-state index < -0.39 is 11.8 Å². The summed E-state index contributed by atoms with van der Waals surface area (Å²) in [6.45, 7) is 0.147. The molecule has 0 amide bonds. The van der Waals surface area contributed by atoms with E-state index in [0.717, 1.165) is 4.88 Å². The van der Waals surface area contributed by atoms with Crippen LogP contribution >= 0.6 is 11.3 Å². The van der Waals surface area contributed by atoms with E-state index in [9.17, 15) is 9.18 Å². The molecule has 1 heterocycles. The van der Waals surface area contributed by atoms with Gasteiger partial charge in [0.25, 0.3) is 0 Å². The Hall–Kier alpha value is -2.12. The number of aliphatic hydroxyl groups excluding tert-OH is 1. The number of fused-ring (bicyclic) bond motifs is 1. The molecule has 1 aromatic heterocycles. The van der Waals surface area contributed by atoms with Crippen LogP contribution in [0.3, 0.4) is 0 Å². The molecule has 0 saturated heterocycles. The predicted molar refractivity (Wildman–Crippen MR) is 86.8 cm³/mol. The Morgan fingerprint density at radius 1 is 1.43 bits per heavy atom. The third kappa shape index (κ3) is 4.20. The van der Waals surface area contributed by atoms with E-state index in [1.807, 2.05) is 0 Å². The maximum atomic E-state index is 14.6. The maximum Gasteiger partial charge on any atom is 0.307 e. The van der Waals surface area contributed by atoms with Crippen molar-refractivity contribution >= 4 is 33.5 Å². The predicted octanol–water partition coefficient (Wildman–Crippen LogP) is 3.30. The zero-order valence-electron chi connectivity index (χ0n) is 12.5. The highest BCUT2D eigenvalue weighted by Gasteiger charge is 2.17. The summed E-state index contributed by atoms with van der Waals surface area (Å²) in [6, 6.07) is 3.33. The van der Waals surface area contributed by atoms with Gasteiger partial charge in [-0.15, -0.1) is 11.3 Å². The summed E-state index contributed by atoms with van der Waals surface area (Å²) >= 11 is 1.33. The summed E-state index contributed by atoms with van der Waals surface area (Å²) in [5.74, 6) is -1.13. The SMILES string of the molecule is COc1cc2sc(/C=C/CC(=O)O)cc2c(F)c1OCCCO. The standard InChI is InChI=1S/C16H17FO5S/c1-21-12-9-13-11(15(17)16(12)22-7-3-6-18)8-10(23-13)4-2-5-14(19)20/h2,4,8-9,18H,3,5-7H2,1H3,(H,19,20)/b4-2+. The number of thiophene rings is 1. The number of ether oxygens (including phenoxy) is 2. The number of benzene rings is 1. The Morgan fingerprint density at radius 2 is 2.22 bits per heavy atom. The summed E-state index contributed by atoms with van der Waals surface area (Å²) < 4.78 is 25.9. The fourth-order valence-corrected chi connectivity index (χ4v) is 3.02. The molecule has 2 N–H and O–H groups in total. The van der Waals surface area contributed by atoms with E-state index in [1.165, 1.54) is 24.5 Å². The number of rotatable bonds is 8. The zero-order chi connectivity index (χ0) is 16.8. The zero-order valence-corrected chi connectivity index (χ0v) is 13.4. The van der Waals surface area contributed by atoms with Crippen LogP contribution in [0.15, 0.2) is 18.2 Å². The molecule has 0 spiro atoms. The Kier molecular flexibility index (Phi) is 5.95. The van der Waals surface area contributed by atoms with Gasteiger partial charge in [0.2, 0.25) is 0 Å². The summed E-state index contributed by atoms with van der Waals surface area (Å²) in [6.07, 6.45) is 3.47. The van der Waals surface area contributed by atoms with Crippen LogP contribution in [0.25, 0.3) is 16.2 Å². The number of hydrogen-bond donors (Lipinski definition) is 2. The first-order valence-electron chi connectivity index (χ1n) is 6.98. The van der Waals surface area contributed by atoms with Crippen molar-refractivity contribution < 1.29 is 28.9 Å². The quantitative estimate of drug-likeness (QED) is 0.721. The lowest BCUT2D eigenvalue weighted by Gasteiger charge is -2.11. The largest absolute Gasteiger partial charge is 0.493 e. The molecular formula is C16H17FO5S.